The third-order valence-electron chi connectivity index (χ3n) is 8.72. The number of amides is 4. The molecule has 0 aromatic heterocycles. The van der Waals surface area contributed by atoms with Crippen LogP contribution >= 0.6 is 0 Å². The van der Waals surface area contributed by atoms with E-state index in [-0.39, 0.29) is 34.9 Å². The van der Waals surface area contributed by atoms with Gasteiger partial charge in [0.25, 0.3) is 5.91 Å². The summed E-state index contributed by atoms with van der Waals surface area (Å²) < 4.78 is 0. The van der Waals surface area contributed by atoms with Crippen molar-refractivity contribution < 1.29 is 24.0 Å². The highest BCUT2D eigenvalue weighted by Gasteiger charge is 2.70. The van der Waals surface area contributed by atoms with E-state index in [4.69, 9.17) is 5.73 Å². The van der Waals surface area contributed by atoms with Crippen LogP contribution in [0.4, 0.5) is 4.79 Å². The third-order valence-corrected chi connectivity index (χ3v) is 8.72. The quantitative estimate of drug-likeness (QED) is 0.347. The van der Waals surface area contributed by atoms with Gasteiger partial charge >= 0.3 is 6.03 Å². The van der Waals surface area contributed by atoms with Crippen LogP contribution in [0.3, 0.4) is 0 Å². The van der Waals surface area contributed by atoms with Gasteiger partial charge in [0.1, 0.15) is 0 Å². The van der Waals surface area contributed by atoms with Gasteiger partial charge in [-0.1, -0.05) is 53.9 Å². The first-order valence-electron chi connectivity index (χ1n) is 13.6. The Morgan fingerprint density at radius 1 is 0.973 bits per heavy atom. The molecule has 0 bridgehead atoms. The molecule has 5 N–H and O–H groups in total. The average molecular weight is 519 g/mol. The van der Waals surface area contributed by atoms with E-state index in [0.717, 1.165) is 19.3 Å². The highest BCUT2D eigenvalue weighted by atomic mass is 16.2. The Labute approximate surface area is 220 Å². The molecule has 3 saturated carbocycles. The van der Waals surface area contributed by atoms with Crippen LogP contribution in [0.1, 0.15) is 87.5 Å². The molecule has 4 amide bonds. The maximum atomic E-state index is 14.0. The van der Waals surface area contributed by atoms with Crippen molar-refractivity contribution in [1.82, 2.24) is 16.0 Å². The number of urea groups is 1. The summed E-state index contributed by atoms with van der Waals surface area (Å²) in [6.07, 6.45) is 3.92. The van der Waals surface area contributed by atoms with Gasteiger partial charge in [-0.25, -0.2) is 4.79 Å². The molecule has 6 atom stereocenters. The number of primary amides is 1. The van der Waals surface area contributed by atoms with Gasteiger partial charge in [-0.05, 0) is 62.2 Å². The average Bonchev–Trinajstić information content (AvgIpc) is 3.06. The molecule has 3 unspecified atom stereocenters. The lowest BCUT2D eigenvalue weighted by Gasteiger charge is -2.36. The van der Waals surface area contributed by atoms with Crippen molar-refractivity contribution in [2.24, 2.45) is 46.2 Å². The molecule has 9 nitrogen and oxygen atoms in total. The van der Waals surface area contributed by atoms with Gasteiger partial charge in [-0.15, -0.1) is 0 Å². The zero-order valence-electron chi connectivity index (χ0n) is 23.7. The van der Waals surface area contributed by atoms with Crippen molar-refractivity contribution in [3.8, 4) is 0 Å². The molecule has 0 aliphatic heterocycles. The van der Waals surface area contributed by atoms with Crippen LogP contribution in [-0.4, -0.2) is 47.0 Å². The lowest BCUT2D eigenvalue weighted by molar-refractivity contribution is -0.141. The molecule has 0 aromatic carbocycles. The second-order valence-electron chi connectivity index (χ2n) is 14.2. The molecular weight excluding hydrogens is 472 g/mol. The lowest BCUT2D eigenvalue weighted by atomic mass is 9.73. The van der Waals surface area contributed by atoms with Crippen molar-refractivity contribution >= 4 is 29.4 Å². The standard InChI is InChI=1S/C28H46N4O5/c1-26(2,3)22(31-25(37)32-27(4,5)6)20(33)15-13-16-19(28(16,7)8)18(15)24(36)30-17(21(34)23(29)35)12-14-10-9-11-14/h14-19,22H,9-13H2,1-8H3,(H2,29,35)(H,30,36)(H2,31,32,37)/t15?,16?,17-,18+,19?,22-/m1/s1. The number of fused-ring (bicyclic) bond motifs is 1. The summed E-state index contributed by atoms with van der Waals surface area (Å²) in [5, 5.41) is 8.54. The van der Waals surface area contributed by atoms with Gasteiger partial charge in [-0.2, -0.15) is 0 Å². The normalized spacial score (nSPS) is 28.2. The minimum atomic E-state index is -1.06. The van der Waals surface area contributed by atoms with Gasteiger partial charge in [0, 0.05) is 11.5 Å². The summed E-state index contributed by atoms with van der Waals surface area (Å²) in [5.74, 6) is -3.13. The maximum absolute atomic E-state index is 14.0. The van der Waals surface area contributed by atoms with Crippen molar-refractivity contribution in [2.45, 2.75) is 105 Å². The molecule has 0 saturated heterocycles. The predicted molar refractivity (Wildman–Crippen MR) is 140 cm³/mol. The van der Waals surface area contributed by atoms with E-state index in [2.05, 4.69) is 29.8 Å². The van der Waals surface area contributed by atoms with Crippen LogP contribution in [0.2, 0.25) is 0 Å². The first kappa shape index (κ1) is 29.1. The monoisotopic (exact) mass is 518 g/mol. The third kappa shape index (κ3) is 6.34. The van der Waals surface area contributed by atoms with Crippen LogP contribution in [0.15, 0.2) is 0 Å². The number of nitrogens with one attached hydrogen (secondary N) is 3. The first-order chi connectivity index (χ1) is 16.8. The van der Waals surface area contributed by atoms with E-state index in [1.165, 1.54) is 0 Å². The van der Waals surface area contributed by atoms with Crippen LogP contribution in [0.25, 0.3) is 0 Å². The van der Waals surface area contributed by atoms with Crippen molar-refractivity contribution in [1.29, 1.82) is 0 Å². The summed E-state index contributed by atoms with van der Waals surface area (Å²) in [6.45, 7) is 15.5. The fraction of sp³-hybridized carbons (Fsp3) is 0.821. The zero-order chi connectivity index (χ0) is 28.1. The predicted octanol–water partition coefficient (Wildman–Crippen LogP) is 2.71. The first-order valence-corrected chi connectivity index (χ1v) is 13.6. The topological polar surface area (TPSA) is 147 Å². The van der Waals surface area contributed by atoms with Gasteiger partial charge in [-0.3, -0.25) is 19.2 Å². The molecule has 3 aliphatic carbocycles. The second kappa shape index (κ2) is 10.0. The Bertz CT molecular complexity index is 957. The molecule has 208 valence electrons. The van der Waals surface area contributed by atoms with E-state index in [1.807, 2.05) is 41.5 Å². The Morgan fingerprint density at radius 3 is 2.03 bits per heavy atom. The molecular formula is C28H46N4O5. The van der Waals surface area contributed by atoms with Gasteiger partial charge in [0.05, 0.1) is 18.0 Å². The largest absolute Gasteiger partial charge is 0.363 e. The summed E-state index contributed by atoms with van der Waals surface area (Å²) in [4.78, 5) is 64.7. The highest BCUT2D eigenvalue weighted by Crippen LogP contribution is 2.71. The van der Waals surface area contributed by atoms with Crippen LogP contribution < -0.4 is 21.7 Å². The van der Waals surface area contributed by atoms with Gasteiger partial charge in [0.15, 0.2) is 5.78 Å². The number of rotatable bonds is 9. The Morgan fingerprint density at radius 2 is 1.57 bits per heavy atom. The summed E-state index contributed by atoms with van der Waals surface area (Å²) in [7, 11) is 0. The summed E-state index contributed by atoms with van der Waals surface area (Å²) in [5.41, 5.74) is 4.15. The lowest BCUT2D eigenvalue weighted by Crippen LogP contribution is -2.58. The van der Waals surface area contributed by atoms with E-state index in [0.29, 0.717) is 12.8 Å². The molecule has 0 spiro atoms. The molecule has 3 rings (SSSR count). The fourth-order valence-electron chi connectivity index (χ4n) is 6.43. The number of ketones is 2. The van der Waals surface area contributed by atoms with E-state index < -0.39 is 52.6 Å². The summed E-state index contributed by atoms with van der Waals surface area (Å²) >= 11 is 0. The van der Waals surface area contributed by atoms with Gasteiger partial charge < -0.3 is 21.7 Å². The number of nitrogens with two attached hydrogens (primary N) is 1. The number of hydrogen-bond donors (Lipinski definition) is 4. The van der Waals surface area contributed by atoms with Crippen LogP contribution in [-0.2, 0) is 19.2 Å². The summed E-state index contributed by atoms with van der Waals surface area (Å²) in [6, 6.07) is -2.20. The molecule has 3 aliphatic rings. The number of hydrogen-bond acceptors (Lipinski definition) is 5. The second-order valence-corrected chi connectivity index (χ2v) is 14.2. The maximum Gasteiger partial charge on any atom is 0.315 e. The fourth-order valence-corrected chi connectivity index (χ4v) is 6.43. The number of carbonyl (C=O) groups is 5. The molecule has 9 heteroatoms. The minimum absolute atomic E-state index is 0.00139. The molecule has 0 heterocycles. The van der Waals surface area contributed by atoms with Gasteiger partial charge in [0.2, 0.25) is 11.7 Å². The van der Waals surface area contributed by atoms with Crippen LogP contribution in [0.5, 0.6) is 0 Å². The smallest absolute Gasteiger partial charge is 0.315 e. The Hall–Kier alpha value is -2.45. The molecule has 0 aromatic rings. The number of Topliss-reactive ketones (excluding diaryl/α,β-unsaturated/α-hetero) is 2. The SMILES string of the molecule is CC(C)(C)NC(=O)N[C@H](C(=O)C1CC2C([C@H]1C(=O)N[C@H](CC1CCC1)C(=O)C(N)=O)C2(C)C)C(C)(C)C. The van der Waals surface area contributed by atoms with E-state index >= 15 is 0 Å². The Kier molecular flexibility index (Phi) is 7.89. The zero-order valence-corrected chi connectivity index (χ0v) is 23.7. The molecule has 37 heavy (non-hydrogen) atoms. The van der Waals surface area contributed by atoms with Crippen LogP contribution in [0, 0.1) is 40.4 Å². The molecule has 0 radical (unpaired) electrons. The van der Waals surface area contributed by atoms with E-state index in [1.54, 1.807) is 0 Å². The van der Waals surface area contributed by atoms with E-state index in [9.17, 15) is 24.0 Å². The highest BCUT2D eigenvalue weighted by molar-refractivity contribution is 6.37. The van der Waals surface area contributed by atoms with Crippen molar-refractivity contribution in [2.75, 3.05) is 0 Å². The molecule has 3 fully saturated rings. The number of carbonyl (C=O) groups excluding carboxylic acids is 5. The van der Waals surface area contributed by atoms with Crippen molar-refractivity contribution in [3.05, 3.63) is 0 Å². The Balaban J connectivity index is 1.83. The minimum Gasteiger partial charge on any atom is -0.363 e. The van der Waals surface area contributed by atoms with Crippen molar-refractivity contribution in [3.63, 3.8) is 0 Å².